The zero-order valence-corrected chi connectivity index (χ0v) is 14.8. The largest absolute Gasteiger partial charge is 0.465 e. The van der Waals surface area contributed by atoms with Crippen molar-refractivity contribution in [2.24, 2.45) is 11.8 Å². The number of aromatic nitrogens is 1. The predicted octanol–water partition coefficient (Wildman–Crippen LogP) is 2.64. The van der Waals surface area contributed by atoms with Gasteiger partial charge in [-0.25, -0.2) is 4.79 Å². The molecule has 1 aliphatic carbocycles. The Morgan fingerprint density at radius 2 is 1.88 bits per heavy atom. The summed E-state index contributed by atoms with van der Waals surface area (Å²) in [6, 6.07) is 6.01. The third-order valence-corrected chi connectivity index (χ3v) is 4.32. The second kappa shape index (κ2) is 7.17. The Morgan fingerprint density at radius 3 is 2.50 bits per heavy atom. The molecule has 2 N–H and O–H groups in total. The second-order valence-electron chi connectivity index (χ2n) is 5.94. The lowest BCUT2D eigenvalue weighted by atomic mass is 10.2. The van der Waals surface area contributed by atoms with Gasteiger partial charge in [0.05, 0.1) is 35.2 Å². The van der Waals surface area contributed by atoms with Gasteiger partial charge in [0.15, 0.2) is 5.82 Å². The minimum atomic E-state index is -0.538. The fourth-order valence-corrected chi connectivity index (χ4v) is 2.67. The molecule has 0 spiro atoms. The molecule has 1 saturated carbocycles. The monoisotopic (exact) mass is 377 g/mol. The Morgan fingerprint density at radius 1 is 1.19 bits per heavy atom. The van der Waals surface area contributed by atoms with E-state index in [-0.39, 0.29) is 28.1 Å². The second-order valence-corrected chi connectivity index (χ2v) is 6.34. The van der Waals surface area contributed by atoms with Crippen LogP contribution >= 0.6 is 11.6 Å². The van der Waals surface area contributed by atoms with Gasteiger partial charge in [0, 0.05) is 6.07 Å². The number of esters is 1. The van der Waals surface area contributed by atoms with Crippen LogP contribution in [0.1, 0.15) is 22.5 Å². The van der Waals surface area contributed by atoms with E-state index in [1.165, 1.54) is 25.3 Å². The van der Waals surface area contributed by atoms with Crippen LogP contribution in [-0.4, -0.2) is 30.1 Å². The minimum Gasteiger partial charge on any atom is -0.465 e. The summed E-state index contributed by atoms with van der Waals surface area (Å²) in [6.45, 7) is 1.71. The van der Waals surface area contributed by atoms with Gasteiger partial charge in [-0.3, -0.25) is 9.59 Å². The first kappa shape index (κ1) is 17.9. The first-order valence-corrected chi connectivity index (χ1v) is 8.19. The maximum Gasteiger partial charge on any atom is 0.337 e. The summed E-state index contributed by atoms with van der Waals surface area (Å²) in [5.41, 5.74) is 0.552. The van der Waals surface area contributed by atoms with E-state index in [1.54, 1.807) is 13.0 Å². The molecule has 1 aromatic heterocycles. The lowest BCUT2D eigenvalue weighted by Crippen LogP contribution is -2.21. The number of rotatable bonds is 5. The molecule has 26 heavy (non-hydrogen) atoms. The van der Waals surface area contributed by atoms with Gasteiger partial charge < -0.3 is 19.9 Å². The van der Waals surface area contributed by atoms with Crippen molar-refractivity contribution in [3.8, 4) is 0 Å². The Labute approximate surface area is 153 Å². The number of anilines is 2. The zero-order chi connectivity index (χ0) is 18.8. The molecule has 3 rings (SSSR count). The highest BCUT2D eigenvalue weighted by Crippen LogP contribution is 2.40. The molecule has 2 amide bonds. The SMILES string of the molecule is COC(=O)c1ccc(Cl)c(NC(=O)C2CC2C(=O)Nc2cc(C)on2)c1. The van der Waals surface area contributed by atoms with Gasteiger partial charge in [-0.15, -0.1) is 0 Å². The van der Waals surface area contributed by atoms with Gasteiger partial charge >= 0.3 is 5.97 Å². The molecule has 2 aromatic rings. The van der Waals surface area contributed by atoms with Gasteiger partial charge in [-0.2, -0.15) is 0 Å². The Hall–Kier alpha value is -2.87. The molecule has 0 radical (unpaired) electrons. The number of hydrogen-bond donors (Lipinski definition) is 2. The van der Waals surface area contributed by atoms with E-state index < -0.39 is 17.8 Å². The highest BCUT2D eigenvalue weighted by molar-refractivity contribution is 6.34. The van der Waals surface area contributed by atoms with Crippen LogP contribution in [0.15, 0.2) is 28.8 Å². The van der Waals surface area contributed by atoms with Gasteiger partial charge in [0.25, 0.3) is 0 Å². The molecule has 136 valence electrons. The van der Waals surface area contributed by atoms with E-state index in [4.69, 9.17) is 16.1 Å². The summed E-state index contributed by atoms with van der Waals surface area (Å²) in [4.78, 5) is 36.1. The third-order valence-electron chi connectivity index (χ3n) is 3.99. The number of carbonyl (C=O) groups is 3. The van der Waals surface area contributed by atoms with Crippen molar-refractivity contribution in [1.82, 2.24) is 5.16 Å². The standard InChI is InChI=1S/C17H16ClN3O5/c1-8-5-14(21-26-8)20-16(23)11-7-10(11)15(22)19-13-6-9(17(24)25-2)3-4-12(13)18/h3-6,10-11H,7H2,1-2H3,(H,19,22)(H,20,21,23). The highest BCUT2D eigenvalue weighted by atomic mass is 35.5. The third kappa shape index (κ3) is 3.85. The Balaban J connectivity index is 1.61. The van der Waals surface area contributed by atoms with E-state index in [0.717, 1.165) is 0 Å². The Kier molecular flexibility index (Phi) is 4.94. The number of carbonyl (C=O) groups excluding carboxylic acids is 3. The van der Waals surface area contributed by atoms with Crippen LogP contribution < -0.4 is 10.6 Å². The molecule has 0 aliphatic heterocycles. The van der Waals surface area contributed by atoms with Crippen molar-refractivity contribution >= 4 is 40.9 Å². The van der Waals surface area contributed by atoms with Crippen LogP contribution in [0.3, 0.4) is 0 Å². The normalized spacial score (nSPS) is 18.1. The summed E-state index contributed by atoms with van der Waals surface area (Å²) in [5.74, 6) is -1.21. The van der Waals surface area contributed by atoms with E-state index in [1.807, 2.05) is 0 Å². The van der Waals surface area contributed by atoms with E-state index >= 15 is 0 Å². The number of amides is 2. The van der Waals surface area contributed by atoms with Crippen LogP contribution in [0.25, 0.3) is 0 Å². The number of halogens is 1. The first-order chi connectivity index (χ1) is 12.4. The molecule has 0 bridgehead atoms. The summed E-state index contributed by atoms with van der Waals surface area (Å²) in [6.07, 6.45) is 0.419. The molecule has 1 heterocycles. The molecule has 1 aliphatic rings. The van der Waals surface area contributed by atoms with Crippen molar-refractivity contribution in [3.63, 3.8) is 0 Å². The molecule has 9 heteroatoms. The van der Waals surface area contributed by atoms with Crippen molar-refractivity contribution in [1.29, 1.82) is 0 Å². The van der Waals surface area contributed by atoms with Crippen molar-refractivity contribution in [3.05, 3.63) is 40.6 Å². The molecule has 0 saturated heterocycles. The lowest BCUT2D eigenvalue weighted by molar-refractivity contribution is -0.122. The quantitative estimate of drug-likeness (QED) is 0.775. The fourth-order valence-electron chi connectivity index (χ4n) is 2.51. The number of hydrogen-bond acceptors (Lipinski definition) is 6. The van der Waals surface area contributed by atoms with E-state index in [0.29, 0.717) is 18.0 Å². The fraction of sp³-hybridized carbons (Fsp3) is 0.294. The maximum atomic E-state index is 12.3. The summed E-state index contributed by atoms with van der Waals surface area (Å²) < 4.78 is 9.52. The number of ether oxygens (including phenoxy) is 1. The number of nitrogens with zero attached hydrogens (tertiary/aromatic N) is 1. The predicted molar refractivity (Wildman–Crippen MR) is 92.9 cm³/mol. The van der Waals surface area contributed by atoms with Gasteiger partial charge in [0.1, 0.15) is 5.76 Å². The minimum absolute atomic E-state index is 0.263. The Bertz CT molecular complexity index is 879. The lowest BCUT2D eigenvalue weighted by Gasteiger charge is -2.09. The first-order valence-electron chi connectivity index (χ1n) is 7.82. The summed E-state index contributed by atoms with van der Waals surface area (Å²) in [7, 11) is 1.26. The van der Waals surface area contributed by atoms with Crippen LogP contribution in [0.4, 0.5) is 11.5 Å². The smallest absolute Gasteiger partial charge is 0.337 e. The van der Waals surface area contributed by atoms with E-state index in [9.17, 15) is 14.4 Å². The van der Waals surface area contributed by atoms with Crippen molar-refractivity contribution in [2.45, 2.75) is 13.3 Å². The van der Waals surface area contributed by atoms with Gasteiger partial charge in [-0.05, 0) is 31.5 Å². The summed E-state index contributed by atoms with van der Waals surface area (Å²) >= 11 is 6.06. The molecule has 2 atom stereocenters. The number of benzene rings is 1. The number of aryl methyl sites for hydroxylation is 1. The highest BCUT2D eigenvalue weighted by Gasteiger charge is 2.48. The molecule has 2 unspecified atom stereocenters. The van der Waals surface area contributed by atoms with Gasteiger partial charge in [-0.1, -0.05) is 16.8 Å². The van der Waals surface area contributed by atoms with Crippen LogP contribution in [0.2, 0.25) is 5.02 Å². The van der Waals surface area contributed by atoms with Gasteiger partial charge in [0.2, 0.25) is 11.8 Å². The molecule has 1 fully saturated rings. The zero-order valence-electron chi connectivity index (χ0n) is 14.0. The van der Waals surface area contributed by atoms with Crippen LogP contribution in [0, 0.1) is 18.8 Å². The van der Waals surface area contributed by atoms with Crippen molar-refractivity contribution in [2.75, 3.05) is 17.7 Å². The van der Waals surface area contributed by atoms with E-state index in [2.05, 4.69) is 20.5 Å². The van der Waals surface area contributed by atoms with Crippen LogP contribution in [-0.2, 0) is 14.3 Å². The maximum absolute atomic E-state index is 12.3. The molecule has 8 nitrogen and oxygen atoms in total. The number of nitrogens with one attached hydrogen (secondary N) is 2. The molecular weight excluding hydrogens is 362 g/mol. The van der Waals surface area contributed by atoms with Crippen LogP contribution in [0.5, 0.6) is 0 Å². The average molecular weight is 378 g/mol. The number of methoxy groups -OCH3 is 1. The topological polar surface area (TPSA) is 111 Å². The average Bonchev–Trinajstić information content (AvgIpc) is 3.33. The van der Waals surface area contributed by atoms with Crippen molar-refractivity contribution < 1.29 is 23.6 Å². The summed E-state index contributed by atoms with van der Waals surface area (Å²) in [5, 5.41) is 9.22. The molecular formula is C17H16ClN3O5. The molecule has 1 aromatic carbocycles.